The second-order valence-electron chi connectivity index (χ2n) is 6.88. The van der Waals surface area contributed by atoms with Crippen LogP contribution in [0.3, 0.4) is 0 Å². The zero-order valence-electron chi connectivity index (χ0n) is 15.9. The van der Waals surface area contributed by atoms with E-state index >= 15 is 0 Å². The molecule has 0 amide bonds. The number of nitrogens with zero attached hydrogens (tertiary/aromatic N) is 1. The van der Waals surface area contributed by atoms with Gasteiger partial charge in [-0.3, -0.25) is 4.90 Å². The van der Waals surface area contributed by atoms with Crippen LogP contribution in [0.15, 0.2) is 30.3 Å². The second-order valence-corrected chi connectivity index (χ2v) is 6.88. The Balaban J connectivity index is 0.00000576. The summed E-state index contributed by atoms with van der Waals surface area (Å²) in [6.07, 6.45) is 12.0. The molecule has 0 spiro atoms. The first-order valence-electron chi connectivity index (χ1n) is 9.84. The van der Waals surface area contributed by atoms with Crippen LogP contribution in [-0.4, -0.2) is 34.5 Å². The lowest BCUT2D eigenvalue weighted by atomic mass is 10.1. The van der Waals surface area contributed by atoms with Gasteiger partial charge in [0.1, 0.15) is 0 Å². The van der Waals surface area contributed by atoms with Crippen molar-refractivity contribution in [2.24, 2.45) is 0 Å². The third-order valence-electron chi connectivity index (χ3n) is 4.50. The Hall–Kier alpha value is -0.610. The molecule has 0 unspecified atom stereocenters. The molecule has 0 aromatic heterocycles. The van der Waals surface area contributed by atoms with Gasteiger partial charge in [0.05, 0.1) is 0 Å². The Labute approximate surface area is 160 Å². The SMILES string of the molecule is CCCCCCCCCCCCN(Cc1ccccc1)CC(O)O.Cl. The minimum absolute atomic E-state index is 0. The molecule has 0 radical (unpaired) electrons. The zero-order valence-corrected chi connectivity index (χ0v) is 16.7. The van der Waals surface area contributed by atoms with Gasteiger partial charge in [-0.25, -0.2) is 0 Å². The molecule has 0 atom stereocenters. The molecule has 0 bridgehead atoms. The quantitative estimate of drug-likeness (QED) is 0.331. The summed E-state index contributed by atoms with van der Waals surface area (Å²) in [7, 11) is 0. The normalized spacial score (nSPS) is 11.1. The molecular weight excluding hydrogens is 334 g/mol. The summed E-state index contributed by atoms with van der Waals surface area (Å²) < 4.78 is 0. The van der Waals surface area contributed by atoms with Crippen molar-refractivity contribution in [3.05, 3.63) is 35.9 Å². The maximum absolute atomic E-state index is 9.28. The van der Waals surface area contributed by atoms with E-state index in [2.05, 4.69) is 24.0 Å². The van der Waals surface area contributed by atoms with Gasteiger partial charge < -0.3 is 10.2 Å². The van der Waals surface area contributed by atoms with Gasteiger partial charge in [-0.1, -0.05) is 95.0 Å². The van der Waals surface area contributed by atoms with Gasteiger partial charge in [0.25, 0.3) is 0 Å². The molecule has 25 heavy (non-hydrogen) atoms. The van der Waals surface area contributed by atoms with E-state index in [9.17, 15) is 10.2 Å². The minimum Gasteiger partial charge on any atom is -0.367 e. The molecule has 1 rings (SSSR count). The predicted octanol–water partition coefficient (Wildman–Crippen LogP) is 5.14. The maximum Gasteiger partial charge on any atom is 0.164 e. The van der Waals surface area contributed by atoms with Crippen LogP contribution < -0.4 is 0 Å². The molecule has 3 nitrogen and oxygen atoms in total. The first-order chi connectivity index (χ1) is 11.7. The molecule has 4 heteroatoms. The second kappa shape index (κ2) is 16.8. The topological polar surface area (TPSA) is 43.7 Å². The summed E-state index contributed by atoms with van der Waals surface area (Å²) in [5.41, 5.74) is 1.23. The Morgan fingerprint density at radius 3 is 1.84 bits per heavy atom. The largest absolute Gasteiger partial charge is 0.367 e. The molecular formula is C21H38ClNO2. The lowest BCUT2D eigenvalue weighted by molar-refractivity contribution is -0.0628. The molecule has 1 aromatic rings. The van der Waals surface area contributed by atoms with Crippen molar-refractivity contribution in [3.8, 4) is 0 Å². The van der Waals surface area contributed by atoms with E-state index in [1.165, 1.54) is 63.4 Å². The summed E-state index contributed by atoms with van der Waals surface area (Å²) in [5, 5.41) is 18.6. The Morgan fingerprint density at radius 2 is 1.32 bits per heavy atom. The molecule has 0 aliphatic heterocycles. The van der Waals surface area contributed by atoms with Gasteiger partial charge in [0.15, 0.2) is 6.29 Å². The fourth-order valence-electron chi connectivity index (χ4n) is 3.13. The standard InChI is InChI=1S/C21H37NO2.ClH/c1-2-3-4-5-6-7-8-9-10-14-17-22(19-21(23)24)18-20-15-12-11-13-16-20;/h11-13,15-16,21,23-24H,2-10,14,17-19H2,1H3;1H. The van der Waals surface area contributed by atoms with Gasteiger partial charge in [0.2, 0.25) is 0 Å². The fourth-order valence-corrected chi connectivity index (χ4v) is 3.13. The average Bonchev–Trinajstić information content (AvgIpc) is 2.57. The van der Waals surface area contributed by atoms with Crippen molar-refractivity contribution in [2.45, 2.75) is 84.0 Å². The predicted molar refractivity (Wildman–Crippen MR) is 109 cm³/mol. The summed E-state index contributed by atoms with van der Waals surface area (Å²) >= 11 is 0. The highest BCUT2D eigenvalue weighted by atomic mass is 35.5. The lowest BCUT2D eigenvalue weighted by Crippen LogP contribution is -2.32. The van der Waals surface area contributed by atoms with E-state index in [4.69, 9.17) is 0 Å². The first-order valence-corrected chi connectivity index (χ1v) is 9.84. The summed E-state index contributed by atoms with van der Waals surface area (Å²) in [4.78, 5) is 2.14. The van der Waals surface area contributed by atoms with Crippen molar-refractivity contribution in [1.29, 1.82) is 0 Å². The van der Waals surface area contributed by atoms with Crippen LogP contribution in [-0.2, 0) is 6.54 Å². The number of aliphatic hydroxyl groups is 2. The van der Waals surface area contributed by atoms with Crippen LogP contribution in [0.2, 0.25) is 0 Å². The number of rotatable bonds is 15. The number of unbranched alkanes of at least 4 members (excludes halogenated alkanes) is 9. The molecule has 1 aromatic carbocycles. The van der Waals surface area contributed by atoms with Crippen LogP contribution in [0, 0.1) is 0 Å². The van der Waals surface area contributed by atoms with E-state index in [1.807, 2.05) is 18.2 Å². The Bertz CT molecular complexity index is 387. The molecule has 0 saturated carbocycles. The molecule has 0 aliphatic carbocycles. The van der Waals surface area contributed by atoms with Gasteiger partial charge >= 0.3 is 0 Å². The summed E-state index contributed by atoms with van der Waals surface area (Å²) in [6, 6.07) is 10.3. The number of benzene rings is 1. The first kappa shape index (κ1) is 24.4. The highest BCUT2D eigenvalue weighted by molar-refractivity contribution is 5.85. The molecule has 146 valence electrons. The summed E-state index contributed by atoms with van der Waals surface area (Å²) in [6.45, 7) is 4.31. The fraction of sp³-hybridized carbons (Fsp3) is 0.714. The Kier molecular flexibility index (Phi) is 16.4. The molecule has 0 heterocycles. The molecule has 0 saturated heterocycles. The molecule has 2 N–H and O–H groups in total. The number of halogens is 1. The lowest BCUT2D eigenvalue weighted by Gasteiger charge is -2.23. The third kappa shape index (κ3) is 14.3. The van der Waals surface area contributed by atoms with Crippen molar-refractivity contribution >= 4 is 12.4 Å². The molecule has 0 aliphatic rings. The van der Waals surface area contributed by atoms with Crippen molar-refractivity contribution in [2.75, 3.05) is 13.1 Å². The smallest absolute Gasteiger partial charge is 0.164 e. The van der Waals surface area contributed by atoms with Crippen molar-refractivity contribution in [3.63, 3.8) is 0 Å². The average molecular weight is 372 g/mol. The number of aliphatic hydroxyl groups excluding tert-OH is 1. The van der Waals surface area contributed by atoms with Gasteiger partial charge in [-0.15, -0.1) is 12.4 Å². The highest BCUT2D eigenvalue weighted by Gasteiger charge is 2.09. The van der Waals surface area contributed by atoms with Gasteiger partial charge in [-0.2, -0.15) is 0 Å². The van der Waals surface area contributed by atoms with Crippen molar-refractivity contribution < 1.29 is 10.2 Å². The van der Waals surface area contributed by atoms with E-state index in [-0.39, 0.29) is 12.4 Å². The summed E-state index contributed by atoms with van der Waals surface area (Å²) in [5.74, 6) is 0. The highest BCUT2D eigenvalue weighted by Crippen LogP contribution is 2.12. The van der Waals surface area contributed by atoms with Crippen LogP contribution >= 0.6 is 12.4 Å². The van der Waals surface area contributed by atoms with Crippen molar-refractivity contribution in [1.82, 2.24) is 4.90 Å². The van der Waals surface area contributed by atoms with E-state index in [0.717, 1.165) is 19.5 Å². The van der Waals surface area contributed by atoms with Crippen LogP contribution in [0.1, 0.15) is 76.7 Å². The van der Waals surface area contributed by atoms with E-state index in [1.54, 1.807) is 0 Å². The number of hydrogen-bond donors (Lipinski definition) is 2. The maximum atomic E-state index is 9.28. The van der Waals surface area contributed by atoms with E-state index in [0.29, 0.717) is 6.54 Å². The Morgan fingerprint density at radius 1 is 0.800 bits per heavy atom. The monoisotopic (exact) mass is 371 g/mol. The third-order valence-corrected chi connectivity index (χ3v) is 4.50. The van der Waals surface area contributed by atoms with Crippen LogP contribution in [0.5, 0.6) is 0 Å². The van der Waals surface area contributed by atoms with Gasteiger partial charge in [0, 0.05) is 13.1 Å². The van der Waals surface area contributed by atoms with Crippen LogP contribution in [0.25, 0.3) is 0 Å². The zero-order chi connectivity index (χ0) is 17.5. The molecule has 0 fully saturated rings. The van der Waals surface area contributed by atoms with Crippen LogP contribution in [0.4, 0.5) is 0 Å². The van der Waals surface area contributed by atoms with E-state index < -0.39 is 6.29 Å². The minimum atomic E-state index is -1.25. The number of hydrogen-bond acceptors (Lipinski definition) is 3. The van der Waals surface area contributed by atoms with Gasteiger partial charge in [-0.05, 0) is 18.5 Å².